The first kappa shape index (κ1) is 8.45. The lowest BCUT2D eigenvalue weighted by molar-refractivity contribution is -0.142. The summed E-state index contributed by atoms with van der Waals surface area (Å²) in [5.41, 5.74) is 0. The van der Waals surface area contributed by atoms with E-state index >= 15 is 0 Å². The molecule has 0 aliphatic carbocycles. The molecule has 0 aromatic carbocycles. The Balaban J connectivity index is 3.99. The van der Waals surface area contributed by atoms with E-state index in [9.17, 15) is 9.59 Å². The van der Waals surface area contributed by atoms with Gasteiger partial charge in [-0.25, -0.2) is 4.72 Å². The second-order valence-electron chi connectivity index (χ2n) is 1.51. The van der Waals surface area contributed by atoms with Gasteiger partial charge in [0, 0.05) is 0 Å². The fourth-order valence-electron chi connectivity index (χ4n) is 0.320. The lowest BCUT2D eigenvalue weighted by Crippen LogP contribution is -2.37. The van der Waals surface area contributed by atoms with Gasteiger partial charge in [0.15, 0.2) is 11.8 Å². The minimum atomic E-state index is -1.21. The predicted octanol–water partition coefficient (Wildman–Crippen LogP) is -0.537. The highest BCUT2D eigenvalue weighted by Gasteiger charge is 2.19. The van der Waals surface area contributed by atoms with Crippen LogP contribution in [0.25, 0.3) is 0 Å². The van der Waals surface area contributed by atoms with E-state index < -0.39 is 17.8 Å². The third-order valence-corrected chi connectivity index (χ3v) is 1.04. The molecule has 0 aliphatic heterocycles. The number of nitrogens with one attached hydrogen (secondary N) is 1. The minimum absolute atomic E-state index is 0.461. The van der Waals surface area contributed by atoms with Crippen LogP contribution in [0.5, 0.6) is 0 Å². The van der Waals surface area contributed by atoms with Crippen LogP contribution in [0, 0.1) is 0 Å². The first-order valence-electron chi connectivity index (χ1n) is 2.22. The number of Topliss-reactive ketones (excluding diaryl/α,β-unsaturated/α-hetero) is 1. The van der Waals surface area contributed by atoms with E-state index in [0.29, 0.717) is 0 Å². The van der Waals surface area contributed by atoms with E-state index in [0.717, 1.165) is 0 Å². The standard InChI is InChI=1S/C4H7NO3S/c1-2(6)3(5-9)4(7)8/h3,5,9H,1H3,(H,7,8)/t3-/m0/s1. The monoisotopic (exact) mass is 149 g/mol. The second kappa shape index (κ2) is 3.47. The lowest BCUT2D eigenvalue weighted by atomic mass is 10.2. The number of carbonyl (C=O) groups is 2. The molecule has 52 valence electrons. The van der Waals surface area contributed by atoms with Gasteiger partial charge in [-0.2, -0.15) is 0 Å². The van der Waals surface area contributed by atoms with Gasteiger partial charge in [0.1, 0.15) is 0 Å². The van der Waals surface area contributed by atoms with Crippen molar-refractivity contribution in [2.75, 3.05) is 0 Å². The molecular weight excluding hydrogens is 142 g/mol. The zero-order valence-corrected chi connectivity index (χ0v) is 5.68. The number of hydrogen-bond donors (Lipinski definition) is 3. The van der Waals surface area contributed by atoms with Crippen LogP contribution in [0.15, 0.2) is 0 Å². The first-order valence-corrected chi connectivity index (χ1v) is 2.67. The summed E-state index contributed by atoms with van der Waals surface area (Å²) in [6.45, 7) is 1.18. The number of ketones is 1. The second-order valence-corrected chi connectivity index (χ2v) is 1.77. The van der Waals surface area contributed by atoms with E-state index in [-0.39, 0.29) is 0 Å². The molecule has 0 aliphatic rings. The maximum atomic E-state index is 10.3. The zero-order valence-electron chi connectivity index (χ0n) is 4.79. The largest absolute Gasteiger partial charge is 0.480 e. The van der Waals surface area contributed by atoms with Gasteiger partial charge >= 0.3 is 5.97 Å². The molecule has 0 bridgehead atoms. The maximum Gasteiger partial charge on any atom is 0.329 e. The molecule has 2 N–H and O–H groups in total. The molecule has 0 unspecified atom stereocenters. The molecule has 5 heteroatoms. The molecule has 1 atom stereocenters. The molecule has 0 spiro atoms. The van der Waals surface area contributed by atoms with Gasteiger partial charge in [-0.1, -0.05) is 12.8 Å². The number of carbonyl (C=O) groups excluding carboxylic acids is 1. The van der Waals surface area contributed by atoms with Crippen molar-refractivity contribution in [3.8, 4) is 0 Å². The van der Waals surface area contributed by atoms with Crippen LogP contribution in [-0.2, 0) is 9.59 Å². The van der Waals surface area contributed by atoms with Crippen molar-refractivity contribution in [3.05, 3.63) is 0 Å². The lowest BCUT2D eigenvalue weighted by Gasteiger charge is -2.03. The Kier molecular flexibility index (Phi) is 3.26. The van der Waals surface area contributed by atoms with E-state index in [2.05, 4.69) is 12.8 Å². The van der Waals surface area contributed by atoms with Crippen LogP contribution in [0.2, 0.25) is 0 Å². The van der Waals surface area contributed by atoms with Gasteiger partial charge < -0.3 is 5.11 Å². The molecule has 4 nitrogen and oxygen atoms in total. The Hall–Kier alpha value is -0.550. The van der Waals surface area contributed by atoms with Crippen LogP contribution >= 0.6 is 12.8 Å². The molecule has 0 rings (SSSR count). The Labute approximate surface area is 57.8 Å². The summed E-state index contributed by atoms with van der Waals surface area (Å²) >= 11 is 3.44. The molecule has 0 aromatic heterocycles. The molecule has 0 amide bonds. The fraction of sp³-hybridized carbons (Fsp3) is 0.500. The van der Waals surface area contributed by atoms with E-state index in [1.54, 1.807) is 0 Å². The molecule has 0 aromatic rings. The topological polar surface area (TPSA) is 66.4 Å². The van der Waals surface area contributed by atoms with Crippen molar-refractivity contribution in [2.24, 2.45) is 0 Å². The number of hydrogen-bond acceptors (Lipinski definition) is 4. The van der Waals surface area contributed by atoms with Crippen molar-refractivity contribution in [1.29, 1.82) is 0 Å². The van der Waals surface area contributed by atoms with E-state index in [4.69, 9.17) is 5.11 Å². The molecular formula is C4H7NO3S. The Bertz CT molecular complexity index is 122. The Morgan fingerprint density at radius 1 is 1.67 bits per heavy atom. The summed E-state index contributed by atoms with van der Waals surface area (Å²) in [7, 11) is 0. The summed E-state index contributed by atoms with van der Waals surface area (Å²) in [6, 6.07) is -1.19. The third kappa shape index (κ3) is 2.48. The number of carboxylic acid groups (broad SMARTS) is 1. The molecule has 0 saturated heterocycles. The number of rotatable bonds is 3. The zero-order chi connectivity index (χ0) is 7.44. The number of aliphatic carboxylic acids is 1. The maximum absolute atomic E-state index is 10.3. The SMILES string of the molecule is CC(=O)[C@H](NS)C(=O)O. The van der Waals surface area contributed by atoms with Crippen molar-refractivity contribution in [2.45, 2.75) is 13.0 Å². The van der Waals surface area contributed by atoms with Crippen LogP contribution in [0.3, 0.4) is 0 Å². The van der Waals surface area contributed by atoms with Crippen LogP contribution in [-0.4, -0.2) is 22.9 Å². The number of carboxylic acids is 1. The van der Waals surface area contributed by atoms with Crippen LogP contribution in [0.4, 0.5) is 0 Å². The van der Waals surface area contributed by atoms with Crippen molar-refractivity contribution in [3.63, 3.8) is 0 Å². The average Bonchev–Trinajstić information content (AvgIpc) is 1.64. The van der Waals surface area contributed by atoms with E-state index in [1.807, 2.05) is 4.72 Å². The van der Waals surface area contributed by atoms with E-state index in [1.165, 1.54) is 6.92 Å². The highest BCUT2D eigenvalue weighted by molar-refractivity contribution is 7.78. The molecule has 0 fully saturated rings. The van der Waals surface area contributed by atoms with Crippen molar-refractivity contribution < 1.29 is 14.7 Å². The predicted molar refractivity (Wildman–Crippen MR) is 34.2 cm³/mol. The fourth-order valence-corrected chi connectivity index (χ4v) is 0.612. The number of thiol groups is 1. The van der Waals surface area contributed by atoms with Gasteiger partial charge in [-0.05, 0) is 6.92 Å². The average molecular weight is 149 g/mol. The molecule has 0 radical (unpaired) electrons. The van der Waals surface area contributed by atoms with Gasteiger partial charge in [0.25, 0.3) is 0 Å². The van der Waals surface area contributed by atoms with Gasteiger partial charge in [-0.3, -0.25) is 9.59 Å². The van der Waals surface area contributed by atoms with Crippen LogP contribution < -0.4 is 4.72 Å². The summed E-state index contributed by atoms with van der Waals surface area (Å²) in [5, 5.41) is 8.21. The van der Waals surface area contributed by atoms with Crippen LogP contribution in [0.1, 0.15) is 6.92 Å². The Morgan fingerprint density at radius 2 is 2.11 bits per heavy atom. The smallest absolute Gasteiger partial charge is 0.329 e. The van der Waals surface area contributed by atoms with Crippen molar-refractivity contribution >= 4 is 24.6 Å². The van der Waals surface area contributed by atoms with Gasteiger partial charge in [0.2, 0.25) is 0 Å². The first-order chi connectivity index (χ1) is 4.09. The molecule has 0 heterocycles. The summed E-state index contributed by atoms with van der Waals surface area (Å²) < 4.78 is 2.05. The molecule has 9 heavy (non-hydrogen) atoms. The van der Waals surface area contributed by atoms with Crippen molar-refractivity contribution in [1.82, 2.24) is 4.72 Å². The van der Waals surface area contributed by atoms with Gasteiger partial charge in [0.05, 0.1) is 0 Å². The summed E-state index contributed by atoms with van der Waals surface area (Å²) in [6.07, 6.45) is 0. The van der Waals surface area contributed by atoms with Gasteiger partial charge in [-0.15, -0.1) is 0 Å². The normalized spacial score (nSPS) is 12.7. The highest BCUT2D eigenvalue weighted by atomic mass is 32.1. The summed E-state index contributed by atoms with van der Waals surface area (Å²) in [4.78, 5) is 20.4. The highest BCUT2D eigenvalue weighted by Crippen LogP contribution is 1.86. The third-order valence-electron chi connectivity index (χ3n) is 0.783. The summed E-state index contributed by atoms with van der Waals surface area (Å²) in [5.74, 6) is -1.67. The minimum Gasteiger partial charge on any atom is -0.480 e. The quantitative estimate of drug-likeness (QED) is 0.372. The Morgan fingerprint density at radius 3 is 2.11 bits per heavy atom. The molecule has 0 saturated carbocycles.